The van der Waals surface area contributed by atoms with Crippen LogP contribution in [0.3, 0.4) is 0 Å². The van der Waals surface area contributed by atoms with E-state index in [-0.39, 0.29) is 24.4 Å². The summed E-state index contributed by atoms with van der Waals surface area (Å²) in [6.45, 7) is 6.13. The minimum absolute atomic E-state index is 0. The maximum Gasteiger partial charge on any atom is 0.222 e. The molecule has 6 heteroatoms. The van der Waals surface area contributed by atoms with Crippen LogP contribution in [0.2, 0.25) is 0 Å². The number of ether oxygens (including phenoxy) is 2. The Morgan fingerprint density at radius 1 is 1.32 bits per heavy atom. The van der Waals surface area contributed by atoms with Crippen molar-refractivity contribution >= 4 is 18.3 Å². The Balaban J connectivity index is 0.00000225. The molecule has 1 amide bonds. The standard InChI is InChI=1S/C19H28N2O3.ClH/c1-2-11-21(19(22)8-7-15-9-10-20-12-15)13-16-14-23-17-5-3-4-6-18(17)24-16;/h3-6,15-16,20H,2,7-14H2,1H3;1H. The molecule has 2 unspecified atom stereocenters. The molecule has 5 nitrogen and oxygen atoms in total. The molecule has 3 rings (SSSR count). The molecule has 1 saturated heterocycles. The van der Waals surface area contributed by atoms with Gasteiger partial charge in [-0.15, -0.1) is 12.4 Å². The van der Waals surface area contributed by atoms with E-state index in [1.807, 2.05) is 29.2 Å². The molecule has 2 aliphatic heterocycles. The average molecular weight is 369 g/mol. The van der Waals surface area contributed by atoms with E-state index < -0.39 is 0 Å². The van der Waals surface area contributed by atoms with Gasteiger partial charge in [0.25, 0.3) is 0 Å². The van der Waals surface area contributed by atoms with Crippen LogP contribution in [0.25, 0.3) is 0 Å². The van der Waals surface area contributed by atoms with E-state index in [4.69, 9.17) is 9.47 Å². The van der Waals surface area contributed by atoms with E-state index in [1.165, 1.54) is 6.42 Å². The molecular weight excluding hydrogens is 340 g/mol. The second-order valence-electron chi connectivity index (χ2n) is 6.73. The van der Waals surface area contributed by atoms with Crippen LogP contribution in [0.4, 0.5) is 0 Å². The number of carbonyl (C=O) groups is 1. The first kappa shape index (κ1) is 19.9. The fourth-order valence-corrected chi connectivity index (χ4v) is 3.43. The number of rotatable bonds is 7. The number of carbonyl (C=O) groups excluding carboxylic acids is 1. The first-order chi connectivity index (χ1) is 11.8. The molecule has 25 heavy (non-hydrogen) atoms. The van der Waals surface area contributed by atoms with E-state index in [9.17, 15) is 4.79 Å². The average Bonchev–Trinajstić information content (AvgIpc) is 3.13. The zero-order valence-electron chi connectivity index (χ0n) is 14.9. The van der Waals surface area contributed by atoms with E-state index >= 15 is 0 Å². The van der Waals surface area contributed by atoms with Gasteiger partial charge in [0.1, 0.15) is 6.61 Å². The van der Waals surface area contributed by atoms with Gasteiger partial charge in [0, 0.05) is 13.0 Å². The molecule has 0 spiro atoms. The monoisotopic (exact) mass is 368 g/mol. The molecule has 0 aromatic heterocycles. The summed E-state index contributed by atoms with van der Waals surface area (Å²) in [5.41, 5.74) is 0. The number of nitrogens with one attached hydrogen (secondary N) is 1. The molecule has 1 fully saturated rings. The van der Waals surface area contributed by atoms with Gasteiger partial charge in [-0.2, -0.15) is 0 Å². The van der Waals surface area contributed by atoms with Crippen molar-refractivity contribution in [3.05, 3.63) is 24.3 Å². The van der Waals surface area contributed by atoms with Crippen LogP contribution in [0.15, 0.2) is 24.3 Å². The maximum absolute atomic E-state index is 12.6. The van der Waals surface area contributed by atoms with Crippen LogP contribution in [0, 0.1) is 5.92 Å². The number of para-hydroxylation sites is 2. The number of fused-ring (bicyclic) bond motifs is 1. The lowest BCUT2D eigenvalue weighted by Gasteiger charge is -2.31. The number of amides is 1. The predicted molar refractivity (Wildman–Crippen MR) is 101 cm³/mol. The molecule has 1 aromatic rings. The lowest BCUT2D eigenvalue weighted by Crippen LogP contribution is -2.44. The van der Waals surface area contributed by atoms with E-state index in [2.05, 4.69) is 12.2 Å². The quantitative estimate of drug-likeness (QED) is 0.804. The zero-order chi connectivity index (χ0) is 16.8. The molecule has 0 saturated carbocycles. The maximum atomic E-state index is 12.6. The van der Waals surface area contributed by atoms with Crippen LogP contribution < -0.4 is 14.8 Å². The summed E-state index contributed by atoms with van der Waals surface area (Å²) in [6.07, 6.45) is 3.68. The smallest absolute Gasteiger partial charge is 0.222 e. The Kier molecular flexibility index (Phi) is 7.85. The third-order valence-electron chi connectivity index (χ3n) is 4.77. The number of benzene rings is 1. The Bertz CT molecular complexity index is 549. The number of hydrogen-bond donors (Lipinski definition) is 1. The highest BCUT2D eigenvalue weighted by atomic mass is 35.5. The van der Waals surface area contributed by atoms with Gasteiger partial charge in [0.05, 0.1) is 6.54 Å². The minimum atomic E-state index is -0.0939. The molecule has 1 aromatic carbocycles. The Labute approximate surface area is 156 Å². The Morgan fingerprint density at radius 3 is 2.84 bits per heavy atom. The molecule has 1 N–H and O–H groups in total. The fourth-order valence-electron chi connectivity index (χ4n) is 3.43. The lowest BCUT2D eigenvalue weighted by molar-refractivity contribution is -0.133. The Morgan fingerprint density at radius 2 is 2.12 bits per heavy atom. The minimum Gasteiger partial charge on any atom is -0.486 e. The first-order valence-corrected chi connectivity index (χ1v) is 9.13. The van der Waals surface area contributed by atoms with Crippen LogP contribution in [-0.2, 0) is 4.79 Å². The lowest BCUT2D eigenvalue weighted by atomic mass is 10.0. The van der Waals surface area contributed by atoms with Crippen molar-refractivity contribution in [1.29, 1.82) is 0 Å². The molecule has 0 bridgehead atoms. The highest BCUT2D eigenvalue weighted by molar-refractivity contribution is 5.85. The molecule has 0 aliphatic carbocycles. The van der Waals surface area contributed by atoms with Gasteiger partial charge in [0.15, 0.2) is 17.6 Å². The van der Waals surface area contributed by atoms with Gasteiger partial charge in [-0.25, -0.2) is 0 Å². The third-order valence-corrected chi connectivity index (χ3v) is 4.77. The van der Waals surface area contributed by atoms with Crippen molar-refractivity contribution in [2.45, 2.75) is 38.7 Å². The normalized spacial score (nSPS) is 21.5. The molecule has 140 valence electrons. The predicted octanol–water partition coefficient (Wildman–Crippen LogP) is 2.88. The van der Waals surface area contributed by atoms with E-state index in [1.54, 1.807) is 0 Å². The van der Waals surface area contributed by atoms with Crippen molar-refractivity contribution in [2.75, 3.05) is 32.8 Å². The number of hydrogen-bond acceptors (Lipinski definition) is 4. The van der Waals surface area contributed by atoms with Crippen molar-refractivity contribution in [3.63, 3.8) is 0 Å². The van der Waals surface area contributed by atoms with Crippen LogP contribution in [-0.4, -0.2) is 49.7 Å². The summed E-state index contributed by atoms with van der Waals surface area (Å²) in [6, 6.07) is 7.71. The third kappa shape index (κ3) is 5.51. The SMILES string of the molecule is CCCN(CC1COc2ccccc2O1)C(=O)CCC1CCNC1.Cl. The van der Waals surface area contributed by atoms with Gasteiger partial charge < -0.3 is 19.7 Å². The fraction of sp³-hybridized carbons (Fsp3) is 0.632. The molecule has 2 aliphatic rings. The van der Waals surface area contributed by atoms with E-state index in [0.29, 0.717) is 25.5 Å². The summed E-state index contributed by atoms with van der Waals surface area (Å²) in [5, 5.41) is 3.36. The van der Waals surface area contributed by atoms with Crippen LogP contribution in [0.1, 0.15) is 32.6 Å². The molecule has 2 heterocycles. The van der Waals surface area contributed by atoms with Gasteiger partial charge >= 0.3 is 0 Å². The Hall–Kier alpha value is -1.46. The summed E-state index contributed by atoms with van der Waals surface area (Å²) < 4.78 is 11.8. The van der Waals surface area contributed by atoms with Gasteiger partial charge in [-0.1, -0.05) is 19.1 Å². The van der Waals surface area contributed by atoms with Gasteiger partial charge in [-0.05, 0) is 50.4 Å². The highest BCUT2D eigenvalue weighted by Gasteiger charge is 2.25. The second kappa shape index (κ2) is 9.88. The summed E-state index contributed by atoms with van der Waals surface area (Å²) in [7, 11) is 0. The van der Waals surface area contributed by atoms with Crippen molar-refractivity contribution in [1.82, 2.24) is 10.2 Å². The number of halogens is 1. The zero-order valence-corrected chi connectivity index (χ0v) is 15.7. The van der Waals surface area contributed by atoms with Crippen molar-refractivity contribution in [2.24, 2.45) is 5.92 Å². The van der Waals surface area contributed by atoms with E-state index in [0.717, 1.165) is 44.0 Å². The summed E-state index contributed by atoms with van der Waals surface area (Å²) >= 11 is 0. The van der Waals surface area contributed by atoms with Gasteiger partial charge in [-0.3, -0.25) is 4.79 Å². The molecule has 0 radical (unpaired) electrons. The first-order valence-electron chi connectivity index (χ1n) is 9.13. The highest BCUT2D eigenvalue weighted by Crippen LogP contribution is 2.31. The topological polar surface area (TPSA) is 50.8 Å². The van der Waals surface area contributed by atoms with Gasteiger partial charge in [0.2, 0.25) is 5.91 Å². The summed E-state index contributed by atoms with van der Waals surface area (Å²) in [4.78, 5) is 14.6. The van der Waals surface area contributed by atoms with Crippen LogP contribution >= 0.6 is 12.4 Å². The molecule has 2 atom stereocenters. The summed E-state index contributed by atoms with van der Waals surface area (Å²) in [5.74, 6) is 2.45. The van der Waals surface area contributed by atoms with Crippen molar-refractivity contribution in [3.8, 4) is 11.5 Å². The second-order valence-corrected chi connectivity index (χ2v) is 6.73. The largest absolute Gasteiger partial charge is 0.486 e. The van der Waals surface area contributed by atoms with Crippen molar-refractivity contribution < 1.29 is 14.3 Å². The van der Waals surface area contributed by atoms with Crippen LogP contribution in [0.5, 0.6) is 11.5 Å². The molecular formula is C19H29ClN2O3. The number of nitrogens with zero attached hydrogens (tertiary/aromatic N) is 1.